The molecule has 0 aromatic carbocycles. The van der Waals surface area contributed by atoms with Gasteiger partial charge in [0.05, 0.1) is 0 Å². The fraction of sp³-hybridized carbons (Fsp3) is 1.00. The Bertz CT molecular complexity index is 220. The molecule has 2 unspecified atom stereocenters. The Morgan fingerprint density at radius 2 is 1.43 bits per heavy atom. The lowest BCUT2D eigenvalue weighted by Gasteiger charge is -2.39. The summed E-state index contributed by atoms with van der Waals surface area (Å²) in [4.78, 5) is 2.84. The molecule has 1 saturated carbocycles. The van der Waals surface area contributed by atoms with Crippen LogP contribution in [0.2, 0.25) is 0 Å². The van der Waals surface area contributed by atoms with Gasteiger partial charge >= 0.3 is 0 Å². The lowest BCUT2D eigenvalue weighted by Crippen LogP contribution is -2.51. The summed E-state index contributed by atoms with van der Waals surface area (Å²) in [7, 11) is 0. The molecule has 0 aliphatic heterocycles. The van der Waals surface area contributed by atoms with E-state index in [0.29, 0.717) is 0 Å². The normalized spacial score (nSPS) is 24.0. The quantitative estimate of drug-likeness (QED) is 0.611. The zero-order chi connectivity index (χ0) is 15.3. The van der Waals surface area contributed by atoms with E-state index >= 15 is 0 Å². The van der Waals surface area contributed by atoms with Crippen LogP contribution >= 0.6 is 0 Å². The van der Waals surface area contributed by atoms with Crippen LogP contribution in [0.3, 0.4) is 0 Å². The van der Waals surface area contributed by atoms with E-state index in [-0.39, 0.29) is 0 Å². The highest BCUT2D eigenvalue weighted by Crippen LogP contribution is 2.23. The summed E-state index contributed by atoms with van der Waals surface area (Å²) >= 11 is 0. The molecule has 2 heteroatoms. The van der Waals surface area contributed by atoms with Crippen LogP contribution in [-0.4, -0.2) is 36.6 Å². The van der Waals surface area contributed by atoms with Crippen LogP contribution in [0, 0.1) is 0 Å². The van der Waals surface area contributed by atoms with Crippen molar-refractivity contribution in [2.75, 3.05) is 19.6 Å². The molecule has 0 heterocycles. The van der Waals surface area contributed by atoms with Crippen LogP contribution in [0.25, 0.3) is 0 Å². The largest absolute Gasteiger partial charge is 0.312 e. The number of nitrogens with zero attached hydrogens (tertiary/aromatic N) is 1. The van der Waals surface area contributed by atoms with Gasteiger partial charge in [-0.25, -0.2) is 0 Å². The minimum absolute atomic E-state index is 0.735. The second-order valence-corrected chi connectivity index (χ2v) is 6.86. The molecule has 0 bridgehead atoms. The van der Waals surface area contributed by atoms with Crippen LogP contribution in [0.5, 0.6) is 0 Å². The van der Waals surface area contributed by atoms with Crippen molar-refractivity contribution in [2.24, 2.45) is 0 Å². The van der Waals surface area contributed by atoms with Gasteiger partial charge in [0.1, 0.15) is 0 Å². The van der Waals surface area contributed by atoms with Gasteiger partial charge in [0.2, 0.25) is 0 Å². The van der Waals surface area contributed by atoms with E-state index in [9.17, 15) is 0 Å². The lowest BCUT2D eigenvalue weighted by atomic mass is 9.90. The van der Waals surface area contributed by atoms with Gasteiger partial charge in [-0.1, -0.05) is 59.3 Å². The Morgan fingerprint density at radius 3 is 2.00 bits per heavy atom. The molecule has 0 spiro atoms. The summed E-state index contributed by atoms with van der Waals surface area (Å²) in [6.45, 7) is 10.7. The average molecular weight is 297 g/mol. The van der Waals surface area contributed by atoms with Crippen molar-refractivity contribution in [2.45, 2.75) is 103 Å². The van der Waals surface area contributed by atoms with E-state index in [1.165, 1.54) is 90.3 Å². The maximum absolute atomic E-state index is 3.88. The first-order chi connectivity index (χ1) is 10.3. The summed E-state index contributed by atoms with van der Waals surface area (Å²) in [6, 6.07) is 1.52. The molecule has 21 heavy (non-hydrogen) atoms. The lowest BCUT2D eigenvalue weighted by molar-refractivity contribution is 0.129. The molecule has 1 fully saturated rings. The molecular formula is C19H40N2. The van der Waals surface area contributed by atoms with E-state index in [1.807, 2.05) is 0 Å². The number of rotatable bonds is 10. The number of nitrogens with one attached hydrogen (secondary N) is 1. The Morgan fingerprint density at radius 1 is 0.810 bits per heavy atom. The van der Waals surface area contributed by atoms with E-state index in [1.54, 1.807) is 0 Å². The predicted octanol–water partition coefficient (Wildman–Crippen LogP) is 4.98. The Kier molecular flexibility index (Phi) is 11.3. The van der Waals surface area contributed by atoms with Crippen molar-refractivity contribution in [3.8, 4) is 0 Å². The summed E-state index contributed by atoms with van der Waals surface area (Å²) in [5.74, 6) is 0. The topological polar surface area (TPSA) is 15.3 Å². The van der Waals surface area contributed by atoms with Gasteiger partial charge in [-0.3, -0.25) is 4.90 Å². The van der Waals surface area contributed by atoms with Gasteiger partial charge in [-0.05, 0) is 51.7 Å². The molecule has 126 valence electrons. The molecule has 1 aliphatic carbocycles. The summed E-state index contributed by atoms with van der Waals surface area (Å²) in [5, 5.41) is 3.88. The van der Waals surface area contributed by atoms with Crippen LogP contribution in [0.4, 0.5) is 0 Å². The highest BCUT2D eigenvalue weighted by molar-refractivity contribution is 4.86. The van der Waals surface area contributed by atoms with Crippen LogP contribution in [0.15, 0.2) is 0 Å². The first-order valence-electron chi connectivity index (χ1n) is 9.80. The SMILES string of the molecule is CCCCN(CCCC)C1CCCCCCC1NCCC. The molecule has 0 saturated heterocycles. The Hall–Kier alpha value is -0.0800. The van der Waals surface area contributed by atoms with Crippen LogP contribution < -0.4 is 5.32 Å². The maximum atomic E-state index is 3.88. The van der Waals surface area contributed by atoms with Gasteiger partial charge in [-0.2, -0.15) is 0 Å². The van der Waals surface area contributed by atoms with Gasteiger partial charge < -0.3 is 5.32 Å². The van der Waals surface area contributed by atoms with E-state index in [0.717, 1.165) is 12.1 Å². The van der Waals surface area contributed by atoms with Crippen molar-refractivity contribution in [1.82, 2.24) is 10.2 Å². The average Bonchev–Trinajstić information content (AvgIpc) is 2.48. The zero-order valence-electron chi connectivity index (χ0n) is 15.0. The van der Waals surface area contributed by atoms with Crippen molar-refractivity contribution >= 4 is 0 Å². The minimum Gasteiger partial charge on any atom is -0.312 e. The van der Waals surface area contributed by atoms with Gasteiger partial charge in [-0.15, -0.1) is 0 Å². The molecule has 2 atom stereocenters. The summed E-state index contributed by atoms with van der Waals surface area (Å²) < 4.78 is 0. The van der Waals surface area contributed by atoms with Crippen molar-refractivity contribution in [3.63, 3.8) is 0 Å². The molecule has 0 aromatic heterocycles. The van der Waals surface area contributed by atoms with E-state index < -0.39 is 0 Å². The summed E-state index contributed by atoms with van der Waals surface area (Å²) in [5.41, 5.74) is 0. The highest BCUT2D eigenvalue weighted by Gasteiger charge is 2.27. The first kappa shape index (κ1) is 19.0. The Labute approximate surface area is 134 Å². The molecule has 0 radical (unpaired) electrons. The monoisotopic (exact) mass is 296 g/mol. The standard InChI is InChI=1S/C19H40N2/c1-4-7-16-21(17-8-5-2)19-14-12-10-9-11-13-18(19)20-15-6-3/h18-20H,4-17H2,1-3H3. The van der Waals surface area contributed by atoms with Gasteiger partial charge in [0.25, 0.3) is 0 Å². The molecule has 1 aliphatic rings. The molecule has 0 aromatic rings. The number of hydrogen-bond acceptors (Lipinski definition) is 2. The fourth-order valence-corrected chi connectivity index (χ4v) is 3.64. The maximum Gasteiger partial charge on any atom is 0.0249 e. The van der Waals surface area contributed by atoms with Crippen molar-refractivity contribution in [1.29, 1.82) is 0 Å². The third-order valence-corrected chi connectivity index (χ3v) is 4.95. The smallest absolute Gasteiger partial charge is 0.0249 e. The third-order valence-electron chi connectivity index (χ3n) is 4.95. The third kappa shape index (κ3) is 7.65. The fourth-order valence-electron chi connectivity index (χ4n) is 3.64. The van der Waals surface area contributed by atoms with Crippen LogP contribution in [-0.2, 0) is 0 Å². The summed E-state index contributed by atoms with van der Waals surface area (Å²) in [6.07, 6.45) is 15.2. The minimum atomic E-state index is 0.735. The number of hydrogen-bond donors (Lipinski definition) is 1. The van der Waals surface area contributed by atoms with Crippen LogP contribution in [0.1, 0.15) is 91.4 Å². The first-order valence-corrected chi connectivity index (χ1v) is 9.80. The highest BCUT2D eigenvalue weighted by atomic mass is 15.2. The van der Waals surface area contributed by atoms with Crippen molar-refractivity contribution < 1.29 is 0 Å². The molecule has 2 nitrogen and oxygen atoms in total. The molecule has 1 N–H and O–H groups in total. The second kappa shape index (κ2) is 12.5. The molecule has 1 rings (SSSR count). The van der Waals surface area contributed by atoms with E-state index in [2.05, 4.69) is 31.0 Å². The van der Waals surface area contributed by atoms with Gasteiger partial charge in [0, 0.05) is 12.1 Å². The van der Waals surface area contributed by atoms with E-state index in [4.69, 9.17) is 0 Å². The second-order valence-electron chi connectivity index (χ2n) is 6.86. The zero-order valence-corrected chi connectivity index (χ0v) is 15.0. The molecule has 0 amide bonds. The van der Waals surface area contributed by atoms with Crippen molar-refractivity contribution in [3.05, 3.63) is 0 Å². The Balaban J connectivity index is 2.67. The molecular weight excluding hydrogens is 256 g/mol. The predicted molar refractivity (Wildman–Crippen MR) is 95.0 cm³/mol. The number of unbranched alkanes of at least 4 members (excludes halogenated alkanes) is 2. The van der Waals surface area contributed by atoms with Gasteiger partial charge in [0.15, 0.2) is 0 Å².